The fourth-order valence-corrected chi connectivity index (χ4v) is 2.40. The van der Waals surface area contributed by atoms with Gasteiger partial charge in [0.25, 0.3) is 5.69 Å². The van der Waals surface area contributed by atoms with Crippen molar-refractivity contribution >= 4 is 29.1 Å². The molecule has 0 aromatic carbocycles. The van der Waals surface area contributed by atoms with Gasteiger partial charge in [-0.15, -0.1) is 0 Å². The van der Waals surface area contributed by atoms with Crippen LogP contribution in [0.25, 0.3) is 0 Å². The van der Waals surface area contributed by atoms with E-state index in [0.29, 0.717) is 18.8 Å². The largest absolute Gasteiger partial charge is 0.467 e. The summed E-state index contributed by atoms with van der Waals surface area (Å²) in [6, 6.07) is 0.799. The van der Waals surface area contributed by atoms with Crippen LogP contribution in [-0.4, -0.2) is 35.6 Å². The summed E-state index contributed by atoms with van der Waals surface area (Å²) in [7, 11) is 1.32. The molecule has 7 nitrogen and oxygen atoms in total. The number of anilines is 1. The Morgan fingerprint density at radius 1 is 1.68 bits per heavy atom. The SMILES string of the molecule is COC(=O)[C@@H]1CCCN1c1ncc([N+](=O)[O-])cc1Cl. The second-order valence-electron chi connectivity index (χ2n) is 4.13. The number of aromatic nitrogens is 1. The van der Waals surface area contributed by atoms with Crippen LogP contribution in [0.2, 0.25) is 5.02 Å². The van der Waals surface area contributed by atoms with E-state index in [1.807, 2.05) is 0 Å². The van der Waals surface area contributed by atoms with Crippen LogP contribution in [0.15, 0.2) is 12.3 Å². The Morgan fingerprint density at radius 2 is 2.42 bits per heavy atom. The zero-order chi connectivity index (χ0) is 14.0. The van der Waals surface area contributed by atoms with Crippen LogP contribution in [0.5, 0.6) is 0 Å². The molecule has 0 unspecified atom stereocenters. The summed E-state index contributed by atoms with van der Waals surface area (Å²) < 4.78 is 4.73. The third kappa shape index (κ3) is 2.60. The summed E-state index contributed by atoms with van der Waals surface area (Å²) in [4.78, 5) is 27.4. The minimum absolute atomic E-state index is 0.157. The highest BCUT2D eigenvalue weighted by atomic mass is 35.5. The maximum atomic E-state index is 11.6. The van der Waals surface area contributed by atoms with Crippen molar-refractivity contribution in [3.8, 4) is 0 Å². The molecular formula is C11H12ClN3O4. The highest BCUT2D eigenvalue weighted by Gasteiger charge is 2.33. The molecule has 1 aliphatic heterocycles. The van der Waals surface area contributed by atoms with Gasteiger partial charge in [0.15, 0.2) is 0 Å². The van der Waals surface area contributed by atoms with Crippen molar-refractivity contribution < 1.29 is 14.5 Å². The molecule has 2 heterocycles. The van der Waals surface area contributed by atoms with Crippen molar-refractivity contribution in [2.24, 2.45) is 0 Å². The lowest BCUT2D eigenvalue weighted by Crippen LogP contribution is -2.37. The summed E-state index contributed by atoms with van der Waals surface area (Å²) in [6.07, 6.45) is 2.60. The molecule has 0 spiro atoms. The number of halogens is 1. The second kappa shape index (κ2) is 5.40. The fraction of sp³-hybridized carbons (Fsp3) is 0.455. The number of hydrogen-bond acceptors (Lipinski definition) is 6. The zero-order valence-electron chi connectivity index (χ0n) is 10.2. The minimum atomic E-state index is -0.565. The molecule has 19 heavy (non-hydrogen) atoms. The van der Waals surface area contributed by atoms with Gasteiger partial charge in [0.05, 0.1) is 17.1 Å². The molecule has 0 bridgehead atoms. The Hall–Kier alpha value is -1.89. The predicted molar refractivity (Wildman–Crippen MR) is 68.3 cm³/mol. The van der Waals surface area contributed by atoms with Gasteiger partial charge in [-0.1, -0.05) is 11.6 Å². The van der Waals surface area contributed by atoms with Crippen LogP contribution in [-0.2, 0) is 9.53 Å². The van der Waals surface area contributed by atoms with E-state index in [1.165, 1.54) is 13.2 Å². The van der Waals surface area contributed by atoms with Gasteiger partial charge >= 0.3 is 5.97 Å². The number of rotatable bonds is 3. The lowest BCUT2D eigenvalue weighted by molar-refractivity contribution is -0.385. The topological polar surface area (TPSA) is 85.6 Å². The third-order valence-corrected chi connectivity index (χ3v) is 3.29. The van der Waals surface area contributed by atoms with Crippen LogP contribution < -0.4 is 4.90 Å². The molecule has 0 saturated carbocycles. The van der Waals surface area contributed by atoms with Gasteiger partial charge in [-0.3, -0.25) is 10.1 Å². The van der Waals surface area contributed by atoms with E-state index in [0.717, 1.165) is 12.6 Å². The Bertz CT molecular complexity index is 523. The van der Waals surface area contributed by atoms with E-state index in [1.54, 1.807) is 4.90 Å². The van der Waals surface area contributed by atoms with Crippen molar-refractivity contribution in [1.29, 1.82) is 0 Å². The molecule has 0 N–H and O–H groups in total. The molecule has 1 aromatic heterocycles. The number of methoxy groups -OCH3 is 1. The number of nitrogens with zero attached hydrogens (tertiary/aromatic N) is 3. The highest BCUT2D eigenvalue weighted by molar-refractivity contribution is 6.33. The van der Waals surface area contributed by atoms with Crippen molar-refractivity contribution in [1.82, 2.24) is 4.98 Å². The van der Waals surface area contributed by atoms with E-state index >= 15 is 0 Å². The average Bonchev–Trinajstić information content (AvgIpc) is 2.86. The highest BCUT2D eigenvalue weighted by Crippen LogP contribution is 2.32. The Labute approximate surface area is 114 Å². The van der Waals surface area contributed by atoms with Crippen LogP contribution in [0, 0.1) is 10.1 Å². The first-order chi connectivity index (χ1) is 9.04. The molecular weight excluding hydrogens is 274 g/mol. The summed E-state index contributed by atoms with van der Waals surface area (Å²) in [5, 5.41) is 10.8. The van der Waals surface area contributed by atoms with Gasteiger partial charge in [-0.25, -0.2) is 9.78 Å². The maximum absolute atomic E-state index is 11.6. The van der Waals surface area contributed by atoms with Crippen LogP contribution in [0.1, 0.15) is 12.8 Å². The van der Waals surface area contributed by atoms with E-state index in [-0.39, 0.29) is 16.7 Å². The van der Waals surface area contributed by atoms with Gasteiger partial charge in [-0.05, 0) is 12.8 Å². The van der Waals surface area contributed by atoms with Gasteiger partial charge in [-0.2, -0.15) is 0 Å². The first-order valence-corrected chi connectivity index (χ1v) is 6.06. The van der Waals surface area contributed by atoms with Crippen LogP contribution in [0.4, 0.5) is 11.5 Å². The Morgan fingerprint density at radius 3 is 3.00 bits per heavy atom. The number of carbonyl (C=O) groups excluding carboxylic acids is 1. The number of hydrogen-bond donors (Lipinski definition) is 0. The normalized spacial score (nSPS) is 18.4. The third-order valence-electron chi connectivity index (χ3n) is 3.02. The van der Waals surface area contributed by atoms with Gasteiger partial charge in [0, 0.05) is 12.6 Å². The zero-order valence-corrected chi connectivity index (χ0v) is 11.0. The molecule has 2 rings (SSSR count). The molecule has 1 aliphatic rings. The number of carbonyl (C=O) groups is 1. The fourth-order valence-electron chi connectivity index (χ4n) is 2.13. The van der Waals surface area contributed by atoms with Crippen molar-refractivity contribution in [3.63, 3.8) is 0 Å². The van der Waals surface area contributed by atoms with Crippen molar-refractivity contribution in [2.45, 2.75) is 18.9 Å². The summed E-state index contributed by atoms with van der Waals surface area (Å²) in [5.74, 6) is 0.0221. The molecule has 0 amide bonds. The average molecular weight is 286 g/mol. The molecule has 1 atom stereocenters. The molecule has 8 heteroatoms. The summed E-state index contributed by atoms with van der Waals surface area (Å²) in [6.45, 7) is 0.615. The molecule has 1 aromatic rings. The summed E-state index contributed by atoms with van der Waals surface area (Å²) >= 11 is 6.01. The predicted octanol–water partition coefficient (Wildman–Crippen LogP) is 1.78. The molecule has 0 aliphatic carbocycles. The van der Waals surface area contributed by atoms with Crippen molar-refractivity contribution in [3.05, 3.63) is 27.4 Å². The minimum Gasteiger partial charge on any atom is -0.467 e. The molecule has 1 fully saturated rings. The summed E-state index contributed by atoms with van der Waals surface area (Å²) in [5.41, 5.74) is -0.178. The second-order valence-corrected chi connectivity index (χ2v) is 4.54. The monoisotopic (exact) mass is 285 g/mol. The smallest absolute Gasteiger partial charge is 0.328 e. The van der Waals surface area contributed by atoms with Gasteiger partial charge < -0.3 is 9.64 Å². The van der Waals surface area contributed by atoms with E-state index in [2.05, 4.69) is 4.98 Å². The van der Waals surface area contributed by atoms with E-state index in [4.69, 9.17) is 16.3 Å². The van der Waals surface area contributed by atoms with Crippen LogP contribution >= 0.6 is 11.6 Å². The first-order valence-electron chi connectivity index (χ1n) is 5.69. The molecule has 102 valence electrons. The Balaban J connectivity index is 2.31. The first kappa shape index (κ1) is 13.5. The maximum Gasteiger partial charge on any atom is 0.328 e. The van der Waals surface area contributed by atoms with Gasteiger partial charge in [0.1, 0.15) is 18.1 Å². The number of nitro groups is 1. The van der Waals surface area contributed by atoms with E-state index < -0.39 is 11.0 Å². The van der Waals surface area contributed by atoms with Gasteiger partial charge in [0.2, 0.25) is 0 Å². The molecule has 0 radical (unpaired) electrons. The lowest BCUT2D eigenvalue weighted by Gasteiger charge is -2.24. The lowest BCUT2D eigenvalue weighted by atomic mass is 10.2. The van der Waals surface area contributed by atoms with Crippen molar-refractivity contribution in [2.75, 3.05) is 18.6 Å². The quantitative estimate of drug-likeness (QED) is 0.478. The van der Waals surface area contributed by atoms with Crippen LogP contribution in [0.3, 0.4) is 0 Å². The Kier molecular flexibility index (Phi) is 3.84. The van der Waals surface area contributed by atoms with E-state index in [9.17, 15) is 14.9 Å². The molecule has 1 saturated heterocycles. The standard InChI is InChI=1S/C11H12ClN3O4/c1-19-11(16)9-3-2-4-14(9)10-8(12)5-7(6-13-10)15(17)18/h5-6,9H,2-4H2,1H3/t9-/m0/s1. The number of esters is 1. The number of pyridine rings is 1. The number of ether oxygens (including phenoxy) is 1.